The van der Waals surface area contributed by atoms with Crippen LogP contribution in [0.3, 0.4) is 0 Å². The van der Waals surface area contributed by atoms with E-state index in [1.807, 2.05) is 12.1 Å². The first-order valence-electron chi connectivity index (χ1n) is 7.72. The number of nitrogens with zero attached hydrogens (tertiary/aromatic N) is 1. The van der Waals surface area contributed by atoms with E-state index in [2.05, 4.69) is 31.2 Å². The maximum atomic E-state index is 12.0. The molecular weight excluding hydrogens is 308 g/mol. The van der Waals surface area contributed by atoms with Crippen molar-refractivity contribution in [1.29, 1.82) is 0 Å². The van der Waals surface area contributed by atoms with Crippen molar-refractivity contribution >= 4 is 11.9 Å². The van der Waals surface area contributed by atoms with Crippen molar-refractivity contribution in [2.45, 2.75) is 39.7 Å². The van der Waals surface area contributed by atoms with E-state index in [1.165, 1.54) is 0 Å². The third-order valence-electron chi connectivity index (χ3n) is 3.46. The molecule has 24 heavy (non-hydrogen) atoms. The van der Waals surface area contributed by atoms with Gasteiger partial charge in [0, 0.05) is 11.6 Å². The predicted molar refractivity (Wildman–Crippen MR) is 88.5 cm³/mol. The van der Waals surface area contributed by atoms with E-state index >= 15 is 0 Å². The molecule has 0 aliphatic rings. The summed E-state index contributed by atoms with van der Waals surface area (Å²) in [5.74, 6) is -0.201. The van der Waals surface area contributed by atoms with Crippen molar-refractivity contribution in [2.24, 2.45) is 0 Å². The van der Waals surface area contributed by atoms with Crippen LogP contribution in [-0.4, -0.2) is 23.6 Å². The Labute approximate surface area is 141 Å². The summed E-state index contributed by atoms with van der Waals surface area (Å²) in [5, 5.41) is 6.26. The van der Waals surface area contributed by atoms with Gasteiger partial charge in [-0.2, -0.15) is 0 Å². The largest absolute Gasteiger partial charge is 0.458 e. The Morgan fingerprint density at radius 2 is 1.88 bits per heavy atom. The second-order valence-electron chi connectivity index (χ2n) is 6.60. The van der Waals surface area contributed by atoms with Gasteiger partial charge in [0.05, 0.1) is 0 Å². The van der Waals surface area contributed by atoms with Crippen LogP contribution in [0.1, 0.15) is 48.1 Å². The van der Waals surface area contributed by atoms with Crippen molar-refractivity contribution in [2.75, 3.05) is 6.54 Å². The van der Waals surface area contributed by atoms with Crippen LogP contribution in [0.2, 0.25) is 0 Å². The number of aryl methyl sites for hydroxylation is 1. The van der Waals surface area contributed by atoms with Crippen LogP contribution in [0, 0.1) is 6.92 Å². The molecule has 1 aromatic heterocycles. The summed E-state index contributed by atoms with van der Waals surface area (Å²) in [6.45, 7) is 7.89. The molecule has 0 atom stereocenters. The number of aromatic nitrogens is 1. The van der Waals surface area contributed by atoms with Crippen LogP contribution in [0.15, 0.2) is 34.9 Å². The molecule has 1 amide bonds. The number of benzene rings is 1. The van der Waals surface area contributed by atoms with E-state index in [1.54, 1.807) is 25.1 Å². The molecule has 0 bridgehead atoms. The Balaban J connectivity index is 1.80. The second-order valence-corrected chi connectivity index (χ2v) is 6.60. The third kappa shape index (κ3) is 4.94. The fourth-order valence-corrected chi connectivity index (χ4v) is 2.07. The minimum atomic E-state index is -0.532. The molecule has 0 fully saturated rings. The van der Waals surface area contributed by atoms with Gasteiger partial charge in [-0.15, -0.1) is 0 Å². The van der Waals surface area contributed by atoms with Crippen molar-refractivity contribution < 1.29 is 18.8 Å². The SMILES string of the molecule is Cc1cc(COC(=O)CNC(=O)c2ccc(C(C)(C)C)cc2)no1. The molecular formula is C18H22N2O4. The number of amides is 1. The summed E-state index contributed by atoms with van der Waals surface area (Å²) in [4.78, 5) is 23.7. The van der Waals surface area contributed by atoms with E-state index in [0.717, 1.165) is 5.56 Å². The van der Waals surface area contributed by atoms with Crippen LogP contribution in [-0.2, 0) is 21.6 Å². The first-order valence-corrected chi connectivity index (χ1v) is 7.72. The molecule has 6 heteroatoms. The van der Waals surface area contributed by atoms with Crippen molar-refractivity contribution in [3.63, 3.8) is 0 Å². The van der Waals surface area contributed by atoms with Crippen molar-refractivity contribution in [3.8, 4) is 0 Å². The van der Waals surface area contributed by atoms with Gasteiger partial charge in [-0.3, -0.25) is 9.59 Å². The minimum Gasteiger partial charge on any atom is -0.458 e. The molecule has 0 aliphatic heterocycles. The minimum absolute atomic E-state index is 0.0202. The van der Waals surface area contributed by atoms with Crippen LogP contribution in [0.5, 0.6) is 0 Å². The summed E-state index contributed by atoms with van der Waals surface area (Å²) >= 11 is 0. The number of carbonyl (C=O) groups is 2. The summed E-state index contributed by atoms with van der Waals surface area (Å²) in [5.41, 5.74) is 2.20. The first-order chi connectivity index (χ1) is 11.3. The maximum absolute atomic E-state index is 12.0. The monoisotopic (exact) mass is 330 g/mol. The van der Waals surface area contributed by atoms with Gasteiger partial charge in [-0.25, -0.2) is 0 Å². The lowest BCUT2D eigenvalue weighted by Crippen LogP contribution is -2.30. The van der Waals surface area contributed by atoms with Gasteiger partial charge in [0.15, 0.2) is 0 Å². The topological polar surface area (TPSA) is 81.4 Å². The highest BCUT2D eigenvalue weighted by molar-refractivity contribution is 5.95. The lowest BCUT2D eigenvalue weighted by molar-refractivity contribution is -0.143. The van der Waals surface area contributed by atoms with Crippen LogP contribution >= 0.6 is 0 Å². The molecule has 2 aromatic rings. The Kier molecular flexibility index (Phi) is 5.39. The van der Waals surface area contributed by atoms with Gasteiger partial charge in [0.25, 0.3) is 5.91 Å². The highest BCUT2D eigenvalue weighted by Gasteiger charge is 2.15. The molecule has 0 aliphatic carbocycles. The van der Waals surface area contributed by atoms with E-state index < -0.39 is 5.97 Å². The zero-order valence-corrected chi connectivity index (χ0v) is 14.4. The molecule has 0 saturated heterocycles. The number of carbonyl (C=O) groups excluding carboxylic acids is 2. The molecule has 6 nitrogen and oxygen atoms in total. The number of nitrogens with one attached hydrogen (secondary N) is 1. The molecule has 1 heterocycles. The molecule has 1 aromatic carbocycles. The van der Waals surface area contributed by atoms with Gasteiger partial charge < -0.3 is 14.6 Å². The first kappa shape index (κ1) is 17.7. The fourth-order valence-electron chi connectivity index (χ4n) is 2.07. The molecule has 0 unspecified atom stereocenters. The molecule has 2 rings (SSSR count). The lowest BCUT2D eigenvalue weighted by atomic mass is 9.87. The van der Waals surface area contributed by atoms with Gasteiger partial charge in [0.2, 0.25) is 0 Å². The number of hydrogen-bond donors (Lipinski definition) is 1. The highest BCUT2D eigenvalue weighted by atomic mass is 16.5. The zero-order valence-electron chi connectivity index (χ0n) is 14.4. The fraction of sp³-hybridized carbons (Fsp3) is 0.389. The van der Waals surface area contributed by atoms with E-state index in [9.17, 15) is 9.59 Å². The van der Waals surface area contributed by atoms with Gasteiger partial charge in [0.1, 0.15) is 24.6 Å². The van der Waals surface area contributed by atoms with Gasteiger partial charge in [-0.05, 0) is 30.0 Å². The highest BCUT2D eigenvalue weighted by Crippen LogP contribution is 2.22. The summed E-state index contributed by atoms with van der Waals surface area (Å²) < 4.78 is 9.89. The van der Waals surface area contributed by atoms with Crippen molar-refractivity contribution in [3.05, 3.63) is 52.9 Å². The summed E-state index contributed by atoms with van der Waals surface area (Å²) in [6.07, 6.45) is 0. The van der Waals surface area contributed by atoms with Gasteiger partial charge >= 0.3 is 5.97 Å². The Morgan fingerprint density at radius 1 is 1.21 bits per heavy atom. The smallest absolute Gasteiger partial charge is 0.325 e. The zero-order chi connectivity index (χ0) is 17.7. The third-order valence-corrected chi connectivity index (χ3v) is 3.46. The second kappa shape index (κ2) is 7.29. The van der Waals surface area contributed by atoms with Gasteiger partial charge in [-0.1, -0.05) is 38.1 Å². The normalized spacial score (nSPS) is 11.2. The Hall–Kier alpha value is -2.63. The van der Waals surface area contributed by atoms with Crippen LogP contribution in [0.25, 0.3) is 0 Å². The molecule has 128 valence electrons. The number of esters is 1. The Bertz CT molecular complexity index is 711. The molecule has 0 radical (unpaired) electrons. The average molecular weight is 330 g/mol. The maximum Gasteiger partial charge on any atom is 0.325 e. The standard InChI is InChI=1S/C18H22N2O4/c1-12-9-15(20-24-12)11-23-16(21)10-19-17(22)13-5-7-14(8-6-13)18(2,3)4/h5-9H,10-11H2,1-4H3,(H,19,22). The predicted octanol–water partition coefficient (Wildman–Crippen LogP) is 2.75. The van der Waals surface area contributed by atoms with E-state index in [4.69, 9.17) is 9.26 Å². The van der Waals surface area contributed by atoms with E-state index in [0.29, 0.717) is 17.0 Å². The van der Waals surface area contributed by atoms with Crippen LogP contribution in [0.4, 0.5) is 0 Å². The quantitative estimate of drug-likeness (QED) is 0.853. The Morgan fingerprint density at radius 3 is 2.42 bits per heavy atom. The molecule has 1 N–H and O–H groups in total. The number of ether oxygens (including phenoxy) is 1. The van der Waals surface area contributed by atoms with E-state index in [-0.39, 0.29) is 24.5 Å². The summed E-state index contributed by atoms with van der Waals surface area (Å²) in [7, 11) is 0. The summed E-state index contributed by atoms with van der Waals surface area (Å²) in [6, 6.07) is 9.02. The number of rotatable bonds is 5. The molecule has 0 spiro atoms. The number of hydrogen-bond acceptors (Lipinski definition) is 5. The molecule has 0 saturated carbocycles. The lowest BCUT2D eigenvalue weighted by Gasteiger charge is -2.19. The van der Waals surface area contributed by atoms with Crippen LogP contribution < -0.4 is 5.32 Å². The average Bonchev–Trinajstić information content (AvgIpc) is 2.95. The van der Waals surface area contributed by atoms with Crippen molar-refractivity contribution in [1.82, 2.24) is 10.5 Å².